The zero-order valence-corrected chi connectivity index (χ0v) is 11.9. The number of hydrogen-bond donors (Lipinski definition) is 0. The van der Waals surface area contributed by atoms with E-state index in [1.54, 1.807) is 0 Å². The normalized spacial score (nSPS) is 24.7. The maximum Gasteiger partial charge on any atom is 0.316 e. The quantitative estimate of drug-likeness (QED) is 0.783. The summed E-state index contributed by atoms with van der Waals surface area (Å²) in [5, 5.41) is 0. The molecule has 2 rings (SSSR count). The van der Waals surface area contributed by atoms with Crippen LogP contribution in [0.1, 0.15) is 31.7 Å². The van der Waals surface area contributed by atoms with Crippen LogP contribution in [0.5, 0.6) is 0 Å². The van der Waals surface area contributed by atoms with Crippen LogP contribution in [-0.4, -0.2) is 37.6 Å². The molecule has 0 radical (unpaired) electrons. The van der Waals surface area contributed by atoms with E-state index >= 15 is 0 Å². The highest BCUT2D eigenvalue weighted by Crippen LogP contribution is 2.36. The third-order valence-electron chi connectivity index (χ3n) is 4.06. The average Bonchev–Trinajstić information content (AvgIpc) is 2.63. The second kappa shape index (κ2) is 6.20. The van der Waals surface area contributed by atoms with Gasteiger partial charge in [-0.3, -0.25) is 4.79 Å². The third-order valence-corrected chi connectivity index (χ3v) is 4.06. The zero-order chi connectivity index (χ0) is 13.7. The molecule has 0 aromatic heterocycles. The van der Waals surface area contributed by atoms with Gasteiger partial charge < -0.3 is 9.64 Å². The van der Waals surface area contributed by atoms with Crippen molar-refractivity contribution >= 4 is 5.97 Å². The van der Waals surface area contributed by atoms with E-state index in [2.05, 4.69) is 24.1 Å². The minimum Gasteiger partial charge on any atom is -0.465 e. The van der Waals surface area contributed by atoms with Gasteiger partial charge in [-0.2, -0.15) is 0 Å². The second-order valence-corrected chi connectivity index (χ2v) is 5.33. The van der Waals surface area contributed by atoms with Gasteiger partial charge in [0.25, 0.3) is 0 Å². The summed E-state index contributed by atoms with van der Waals surface area (Å²) < 4.78 is 5.37. The fraction of sp³-hybridized carbons (Fsp3) is 0.562. The molecule has 1 aliphatic rings. The van der Waals surface area contributed by atoms with Crippen molar-refractivity contribution in [2.75, 3.05) is 26.7 Å². The molecule has 1 aromatic rings. The fourth-order valence-electron chi connectivity index (χ4n) is 2.91. The maximum absolute atomic E-state index is 12.5. The van der Waals surface area contributed by atoms with Crippen LogP contribution in [0.25, 0.3) is 0 Å². The largest absolute Gasteiger partial charge is 0.465 e. The lowest BCUT2D eigenvalue weighted by Gasteiger charge is -2.30. The van der Waals surface area contributed by atoms with E-state index in [1.165, 1.54) is 0 Å². The molecule has 1 aromatic carbocycles. The molecule has 1 saturated heterocycles. The Morgan fingerprint density at radius 3 is 2.68 bits per heavy atom. The van der Waals surface area contributed by atoms with E-state index in [0.29, 0.717) is 6.61 Å². The van der Waals surface area contributed by atoms with Gasteiger partial charge in [0.2, 0.25) is 0 Å². The molecule has 0 amide bonds. The van der Waals surface area contributed by atoms with Crippen LogP contribution in [0.3, 0.4) is 0 Å². The number of ether oxygens (including phenoxy) is 1. The topological polar surface area (TPSA) is 29.5 Å². The number of nitrogens with zero attached hydrogens (tertiary/aromatic N) is 1. The Kier molecular flexibility index (Phi) is 4.59. The van der Waals surface area contributed by atoms with Crippen LogP contribution in [0.4, 0.5) is 0 Å². The zero-order valence-electron chi connectivity index (χ0n) is 11.9. The summed E-state index contributed by atoms with van der Waals surface area (Å²) in [7, 11) is 2.12. The lowest BCUT2D eigenvalue weighted by atomic mass is 9.74. The van der Waals surface area contributed by atoms with Gasteiger partial charge in [0, 0.05) is 0 Å². The minimum absolute atomic E-state index is 0.0588. The number of likely N-dealkylation sites (tertiary alicyclic amines) is 1. The van der Waals surface area contributed by atoms with Crippen molar-refractivity contribution in [2.45, 2.75) is 31.6 Å². The molecule has 0 unspecified atom stereocenters. The first-order valence-corrected chi connectivity index (χ1v) is 7.10. The Morgan fingerprint density at radius 2 is 2.00 bits per heavy atom. The van der Waals surface area contributed by atoms with Crippen LogP contribution < -0.4 is 0 Å². The number of hydrogen-bond acceptors (Lipinski definition) is 3. The number of carbonyl (C=O) groups excluding carboxylic acids is 1. The van der Waals surface area contributed by atoms with E-state index in [-0.39, 0.29) is 5.97 Å². The molecular formula is C16H23NO2. The van der Waals surface area contributed by atoms with Gasteiger partial charge in [-0.1, -0.05) is 30.3 Å². The van der Waals surface area contributed by atoms with E-state index in [0.717, 1.165) is 37.9 Å². The van der Waals surface area contributed by atoms with Gasteiger partial charge >= 0.3 is 5.97 Å². The molecule has 0 bridgehead atoms. The summed E-state index contributed by atoms with van der Waals surface area (Å²) in [4.78, 5) is 14.8. The average molecular weight is 261 g/mol. The molecule has 3 heteroatoms. The smallest absolute Gasteiger partial charge is 0.316 e. The van der Waals surface area contributed by atoms with Crippen LogP contribution in [-0.2, 0) is 14.9 Å². The Bertz CT molecular complexity index is 418. The molecule has 0 saturated carbocycles. The summed E-state index contributed by atoms with van der Waals surface area (Å²) in [6, 6.07) is 10.1. The number of rotatable bonds is 3. The molecule has 104 valence electrons. The Hall–Kier alpha value is -1.35. The SMILES string of the molecule is CCOC(=O)[C@@]1(c2ccccc2)CCCN(C)CC1. The number of benzene rings is 1. The van der Waals surface area contributed by atoms with Gasteiger partial charge in [0.05, 0.1) is 12.0 Å². The van der Waals surface area contributed by atoms with E-state index < -0.39 is 5.41 Å². The lowest BCUT2D eigenvalue weighted by molar-refractivity contribution is -0.150. The highest BCUT2D eigenvalue weighted by atomic mass is 16.5. The summed E-state index contributed by atoms with van der Waals surface area (Å²) in [5.41, 5.74) is 0.644. The standard InChI is InChI=1S/C16H23NO2/c1-3-19-15(18)16(14-8-5-4-6-9-14)10-7-12-17(2)13-11-16/h4-6,8-9H,3,7,10-13H2,1-2H3/t16-/m0/s1. The van der Waals surface area contributed by atoms with Crippen molar-refractivity contribution in [3.05, 3.63) is 35.9 Å². The first-order valence-electron chi connectivity index (χ1n) is 7.10. The van der Waals surface area contributed by atoms with Gasteiger partial charge in [0.1, 0.15) is 0 Å². The Balaban J connectivity index is 2.35. The predicted octanol–water partition coefficient (Wildman–Crippen LogP) is 2.60. The van der Waals surface area contributed by atoms with Crippen LogP contribution >= 0.6 is 0 Å². The van der Waals surface area contributed by atoms with Crippen molar-refractivity contribution in [3.8, 4) is 0 Å². The molecule has 1 fully saturated rings. The molecule has 0 spiro atoms. The second-order valence-electron chi connectivity index (χ2n) is 5.33. The van der Waals surface area contributed by atoms with Crippen molar-refractivity contribution in [1.29, 1.82) is 0 Å². The van der Waals surface area contributed by atoms with E-state index in [1.807, 2.05) is 25.1 Å². The predicted molar refractivity (Wildman–Crippen MR) is 76.1 cm³/mol. The highest BCUT2D eigenvalue weighted by Gasteiger charge is 2.42. The van der Waals surface area contributed by atoms with Gasteiger partial charge in [-0.25, -0.2) is 0 Å². The molecule has 3 nitrogen and oxygen atoms in total. The summed E-state index contributed by atoms with van der Waals surface area (Å²) in [6.07, 6.45) is 2.75. The first-order chi connectivity index (χ1) is 9.19. The van der Waals surface area contributed by atoms with Gasteiger partial charge in [0.15, 0.2) is 0 Å². The van der Waals surface area contributed by atoms with E-state index in [9.17, 15) is 4.79 Å². The molecule has 1 heterocycles. The lowest BCUT2D eigenvalue weighted by Crippen LogP contribution is -2.38. The van der Waals surface area contributed by atoms with Crippen LogP contribution in [0, 0.1) is 0 Å². The number of carbonyl (C=O) groups is 1. The van der Waals surface area contributed by atoms with Crippen molar-refractivity contribution in [1.82, 2.24) is 4.90 Å². The van der Waals surface area contributed by atoms with Crippen molar-refractivity contribution in [3.63, 3.8) is 0 Å². The first kappa shape index (κ1) is 14.1. The minimum atomic E-state index is -0.456. The fourth-order valence-corrected chi connectivity index (χ4v) is 2.91. The molecular weight excluding hydrogens is 238 g/mol. The molecule has 0 N–H and O–H groups in total. The third kappa shape index (κ3) is 2.98. The van der Waals surface area contributed by atoms with Gasteiger partial charge in [-0.05, 0) is 51.9 Å². The van der Waals surface area contributed by atoms with Crippen LogP contribution in [0.2, 0.25) is 0 Å². The van der Waals surface area contributed by atoms with E-state index in [4.69, 9.17) is 4.74 Å². The van der Waals surface area contributed by atoms with Crippen molar-refractivity contribution in [2.24, 2.45) is 0 Å². The molecule has 1 aliphatic heterocycles. The Morgan fingerprint density at radius 1 is 1.26 bits per heavy atom. The van der Waals surface area contributed by atoms with Gasteiger partial charge in [-0.15, -0.1) is 0 Å². The summed E-state index contributed by atoms with van der Waals surface area (Å²) >= 11 is 0. The molecule has 0 aliphatic carbocycles. The monoisotopic (exact) mass is 261 g/mol. The summed E-state index contributed by atoms with van der Waals surface area (Å²) in [6.45, 7) is 4.31. The van der Waals surface area contributed by atoms with Crippen LogP contribution in [0.15, 0.2) is 30.3 Å². The highest BCUT2D eigenvalue weighted by molar-refractivity contribution is 5.83. The van der Waals surface area contributed by atoms with Crippen molar-refractivity contribution < 1.29 is 9.53 Å². The molecule has 19 heavy (non-hydrogen) atoms. The Labute approximate surface area is 115 Å². The molecule has 1 atom stereocenters. The maximum atomic E-state index is 12.5. The number of esters is 1. The summed E-state index contributed by atoms with van der Waals surface area (Å²) in [5.74, 6) is -0.0588.